The molecule has 1 unspecified atom stereocenters. The average molecular weight is 416 g/mol. The molecule has 1 atom stereocenters. The summed E-state index contributed by atoms with van der Waals surface area (Å²) in [6.45, 7) is 7.46. The highest BCUT2D eigenvalue weighted by Gasteiger charge is 2.26. The zero-order valence-corrected chi connectivity index (χ0v) is 17.7. The number of benzene rings is 2. The summed E-state index contributed by atoms with van der Waals surface area (Å²) in [5, 5.41) is 16.2. The molecule has 0 aliphatic rings. The smallest absolute Gasteiger partial charge is 0.293 e. The van der Waals surface area contributed by atoms with Crippen LogP contribution in [0.2, 0.25) is 0 Å². The average Bonchev–Trinajstić information content (AvgIpc) is 2.64. The van der Waals surface area contributed by atoms with Gasteiger partial charge >= 0.3 is 0 Å². The van der Waals surface area contributed by atoms with E-state index in [1.54, 1.807) is 13.0 Å². The van der Waals surface area contributed by atoms with Crippen LogP contribution in [0.3, 0.4) is 0 Å². The Labute approximate surface area is 174 Å². The molecule has 0 radical (unpaired) electrons. The molecule has 2 aromatic rings. The zero-order valence-electron chi connectivity index (χ0n) is 16.9. The van der Waals surface area contributed by atoms with Gasteiger partial charge in [-0.25, -0.2) is 0 Å². The summed E-state index contributed by atoms with van der Waals surface area (Å²) in [7, 11) is 0. The number of rotatable bonds is 8. The number of carbonyl (C=O) groups excluding carboxylic acids is 2. The van der Waals surface area contributed by atoms with E-state index in [9.17, 15) is 19.7 Å². The molecule has 2 rings (SSSR count). The quantitative estimate of drug-likeness (QED) is 0.487. The van der Waals surface area contributed by atoms with Gasteiger partial charge in [0.1, 0.15) is 5.69 Å². The minimum atomic E-state index is -0.528. The molecule has 0 saturated carbocycles. The van der Waals surface area contributed by atoms with Crippen molar-refractivity contribution in [2.45, 2.75) is 32.9 Å². The van der Waals surface area contributed by atoms with Crippen LogP contribution in [0.25, 0.3) is 0 Å². The second-order valence-corrected chi connectivity index (χ2v) is 8.29. The molecule has 2 N–H and O–H groups in total. The van der Waals surface area contributed by atoms with Gasteiger partial charge in [-0.05, 0) is 43.5 Å². The number of hydrogen-bond acceptors (Lipinski definition) is 5. The van der Waals surface area contributed by atoms with E-state index in [2.05, 4.69) is 10.6 Å². The van der Waals surface area contributed by atoms with E-state index >= 15 is 0 Å². The summed E-state index contributed by atoms with van der Waals surface area (Å²) in [6, 6.07) is 12.1. The number of thioether (sulfide) groups is 1. The van der Waals surface area contributed by atoms with E-state index < -0.39 is 10.2 Å². The zero-order chi connectivity index (χ0) is 21.6. The molecule has 29 heavy (non-hydrogen) atoms. The Balaban J connectivity index is 2.02. The predicted molar refractivity (Wildman–Crippen MR) is 117 cm³/mol. The lowest BCUT2D eigenvalue weighted by molar-refractivity contribution is -0.384. The van der Waals surface area contributed by atoms with Crippen LogP contribution in [0, 0.1) is 29.9 Å². The maximum Gasteiger partial charge on any atom is 0.293 e. The maximum atomic E-state index is 12.7. The van der Waals surface area contributed by atoms with Crippen molar-refractivity contribution in [1.82, 2.24) is 0 Å². The Kier molecular flexibility index (Phi) is 7.78. The molecule has 2 aromatic carbocycles. The minimum absolute atomic E-state index is 0.0586. The van der Waals surface area contributed by atoms with Crippen LogP contribution in [-0.4, -0.2) is 27.7 Å². The summed E-state index contributed by atoms with van der Waals surface area (Å²) >= 11 is 1.21. The number of nitrogens with one attached hydrogen (secondary N) is 2. The highest BCUT2D eigenvalue weighted by atomic mass is 32.2. The molecular formula is C21H25N3O4S. The van der Waals surface area contributed by atoms with Crippen molar-refractivity contribution in [3.05, 3.63) is 63.7 Å². The summed E-state index contributed by atoms with van der Waals surface area (Å²) in [4.78, 5) is 35.7. The standard InChI is InChI=1S/C21H25N3O4S/c1-13(2)20(29-12-19(25)22-16-8-5-14(3)6-9-16)21(26)23-17-10-7-15(4)11-18(17)24(27)28/h5-11,13,20H,12H2,1-4H3,(H,22,25)(H,23,26). The number of anilines is 2. The van der Waals surface area contributed by atoms with Crippen molar-refractivity contribution < 1.29 is 14.5 Å². The van der Waals surface area contributed by atoms with Crippen LogP contribution >= 0.6 is 11.8 Å². The van der Waals surface area contributed by atoms with E-state index in [1.807, 2.05) is 45.0 Å². The molecule has 7 nitrogen and oxygen atoms in total. The van der Waals surface area contributed by atoms with Gasteiger partial charge in [0.2, 0.25) is 11.8 Å². The first-order chi connectivity index (χ1) is 13.7. The summed E-state index contributed by atoms with van der Waals surface area (Å²) in [5.74, 6) is -0.532. The molecular weight excluding hydrogens is 390 g/mol. The monoisotopic (exact) mass is 415 g/mol. The molecule has 0 saturated heterocycles. The number of nitro benzene ring substituents is 1. The second-order valence-electron chi connectivity index (χ2n) is 7.16. The second kappa shape index (κ2) is 10.1. The Hall–Kier alpha value is -2.87. The van der Waals surface area contributed by atoms with Crippen molar-refractivity contribution in [3.63, 3.8) is 0 Å². The topological polar surface area (TPSA) is 101 Å². The van der Waals surface area contributed by atoms with Crippen LogP contribution in [0.1, 0.15) is 25.0 Å². The van der Waals surface area contributed by atoms with Crippen LogP contribution in [0.4, 0.5) is 17.1 Å². The molecule has 0 aliphatic carbocycles. The number of hydrogen-bond donors (Lipinski definition) is 2. The number of aryl methyl sites for hydroxylation is 2. The summed E-state index contributed by atoms with van der Waals surface area (Å²) in [6.07, 6.45) is 0. The molecule has 0 aromatic heterocycles. The Morgan fingerprint density at radius 2 is 1.66 bits per heavy atom. The lowest BCUT2D eigenvalue weighted by atomic mass is 10.1. The lowest BCUT2D eigenvalue weighted by Crippen LogP contribution is -2.31. The van der Waals surface area contributed by atoms with Crippen molar-refractivity contribution in [2.75, 3.05) is 16.4 Å². The van der Waals surface area contributed by atoms with Crippen molar-refractivity contribution in [3.8, 4) is 0 Å². The van der Waals surface area contributed by atoms with Crippen molar-refractivity contribution in [1.29, 1.82) is 0 Å². The molecule has 0 aliphatic heterocycles. The van der Waals surface area contributed by atoms with Crippen LogP contribution in [0.15, 0.2) is 42.5 Å². The molecule has 0 bridgehead atoms. The van der Waals surface area contributed by atoms with Crippen LogP contribution < -0.4 is 10.6 Å². The van der Waals surface area contributed by atoms with E-state index in [-0.39, 0.29) is 34.9 Å². The van der Waals surface area contributed by atoms with Gasteiger partial charge in [-0.1, -0.05) is 37.6 Å². The highest BCUT2D eigenvalue weighted by molar-refractivity contribution is 8.01. The van der Waals surface area contributed by atoms with Gasteiger partial charge in [0.15, 0.2) is 0 Å². The van der Waals surface area contributed by atoms with E-state index in [0.717, 1.165) is 11.1 Å². The lowest BCUT2D eigenvalue weighted by Gasteiger charge is -2.19. The van der Waals surface area contributed by atoms with E-state index in [0.29, 0.717) is 5.69 Å². The molecule has 0 fully saturated rings. The Morgan fingerprint density at radius 1 is 1.03 bits per heavy atom. The summed E-state index contributed by atoms with van der Waals surface area (Å²) in [5.41, 5.74) is 2.53. The fourth-order valence-electron chi connectivity index (χ4n) is 2.67. The first-order valence-electron chi connectivity index (χ1n) is 9.21. The third kappa shape index (κ3) is 6.60. The number of carbonyl (C=O) groups is 2. The van der Waals surface area contributed by atoms with Crippen molar-refractivity contribution in [2.24, 2.45) is 5.92 Å². The van der Waals surface area contributed by atoms with Gasteiger partial charge < -0.3 is 10.6 Å². The van der Waals surface area contributed by atoms with E-state index in [4.69, 9.17) is 0 Å². The molecule has 154 valence electrons. The number of nitro groups is 1. The van der Waals surface area contributed by atoms with Gasteiger partial charge in [0.05, 0.1) is 15.9 Å². The van der Waals surface area contributed by atoms with Gasteiger partial charge in [-0.2, -0.15) is 0 Å². The van der Waals surface area contributed by atoms with Crippen molar-refractivity contribution >= 4 is 40.6 Å². The molecule has 2 amide bonds. The van der Waals surface area contributed by atoms with Gasteiger partial charge in [-0.15, -0.1) is 11.8 Å². The van der Waals surface area contributed by atoms with Crippen LogP contribution in [0.5, 0.6) is 0 Å². The molecule has 0 heterocycles. The fraction of sp³-hybridized carbons (Fsp3) is 0.333. The van der Waals surface area contributed by atoms with Gasteiger partial charge in [0.25, 0.3) is 5.69 Å². The first-order valence-corrected chi connectivity index (χ1v) is 10.3. The number of nitrogens with zero attached hydrogens (tertiary/aromatic N) is 1. The largest absolute Gasteiger partial charge is 0.325 e. The van der Waals surface area contributed by atoms with E-state index in [1.165, 1.54) is 23.9 Å². The third-order valence-corrected chi connectivity index (χ3v) is 5.75. The predicted octanol–water partition coefficient (Wildman–Crippen LogP) is 4.55. The minimum Gasteiger partial charge on any atom is -0.325 e. The van der Waals surface area contributed by atoms with Gasteiger partial charge in [0, 0.05) is 11.8 Å². The van der Waals surface area contributed by atoms with Crippen LogP contribution in [-0.2, 0) is 9.59 Å². The number of amides is 2. The molecule has 0 spiro atoms. The summed E-state index contributed by atoms with van der Waals surface area (Å²) < 4.78 is 0. The Bertz CT molecular complexity index is 897. The normalized spacial score (nSPS) is 11.8. The maximum absolute atomic E-state index is 12.7. The first kappa shape index (κ1) is 22.4. The molecule has 8 heteroatoms. The van der Waals surface area contributed by atoms with Gasteiger partial charge in [-0.3, -0.25) is 19.7 Å². The Morgan fingerprint density at radius 3 is 2.24 bits per heavy atom. The third-order valence-electron chi connectivity index (χ3n) is 4.20. The highest BCUT2D eigenvalue weighted by Crippen LogP contribution is 2.28. The SMILES string of the molecule is Cc1ccc(NC(=O)CSC(C(=O)Nc2ccc(C)cc2[N+](=O)[O-])C(C)C)cc1. The fourth-order valence-corrected chi connectivity index (χ4v) is 3.67.